The number of hydrogen-bond donors (Lipinski definition) is 2. The maximum atomic E-state index is 5.46. The van der Waals surface area contributed by atoms with E-state index in [1.807, 2.05) is 19.1 Å². The molecule has 2 rings (SSSR count). The van der Waals surface area contributed by atoms with Gasteiger partial charge in [-0.1, -0.05) is 0 Å². The Morgan fingerprint density at radius 1 is 1.30 bits per heavy atom. The fourth-order valence-electron chi connectivity index (χ4n) is 2.87. The Hall–Kier alpha value is -1.13. The average Bonchev–Trinajstić information content (AvgIpc) is 2.65. The Labute approximate surface area is 180 Å². The Morgan fingerprint density at radius 2 is 2.04 bits per heavy atom. The van der Waals surface area contributed by atoms with E-state index >= 15 is 0 Å². The van der Waals surface area contributed by atoms with Gasteiger partial charge in [-0.25, -0.2) is 9.98 Å². The van der Waals surface area contributed by atoms with Crippen LogP contribution in [0.3, 0.4) is 0 Å². The van der Waals surface area contributed by atoms with E-state index in [2.05, 4.69) is 41.3 Å². The molecule has 8 heteroatoms. The first-order valence-electron chi connectivity index (χ1n) is 9.48. The molecule has 0 bridgehead atoms. The molecule has 2 heterocycles. The van der Waals surface area contributed by atoms with E-state index in [0.717, 1.165) is 50.9 Å². The van der Waals surface area contributed by atoms with Crippen LogP contribution in [-0.4, -0.2) is 67.4 Å². The second kappa shape index (κ2) is 12.4. The molecule has 1 saturated heterocycles. The highest BCUT2D eigenvalue weighted by Gasteiger charge is 2.28. The summed E-state index contributed by atoms with van der Waals surface area (Å²) in [5.41, 5.74) is 1.12. The zero-order valence-electron chi connectivity index (χ0n) is 17.0. The largest absolute Gasteiger partial charge is 0.478 e. The van der Waals surface area contributed by atoms with Crippen LogP contribution in [0, 0.1) is 0 Å². The molecule has 0 aromatic carbocycles. The maximum Gasteiger partial charge on any atom is 0.213 e. The van der Waals surface area contributed by atoms with Gasteiger partial charge in [-0.3, -0.25) is 4.90 Å². The van der Waals surface area contributed by atoms with Crippen molar-refractivity contribution in [2.45, 2.75) is 39.8 Å². The van der Waals surface area contributed by atoms with Gasteiger partial charge in [0, 0.05) is 44.0 Å². The number of aromatic nitrogens is 1. The molecule has 2 N–H and O–H groups in total. The normalized spacial score (nSPS) is 15.8. The number of morpholine rings is 1. The van der Waals surface area contributed by atoms with Crippen molar-refractivity contribution in [2.24, 2.45) is 4.99 Å². The highest BCUT2D eigenvalue weighted by Crippen LogP contribution is 2.15. The summed E-state index contributed by atoms with van der Waals surface area (Å²) >= 11 is 0. The maximum absolute atomic E-state index is 5.46. The number of rotatable bonds is 8. The minimum absolute atomic E-state index is 0. The van der Waals surface area contributed by atoms with E-state index in [9.17, 15) is 0 Å². The van der Waals surface area contributed by atoms with Crippen LogP contribution in [0.1, 0.15) is 33.3 Å². The van der Waals surface area contributed by atoms with Gasteiger partial charge >= 0.3 is 0 Å². The van der Waals surface area contributed by atoms with Gasteiger partial charge < -0.3 is 20.1 Å². The van der Waals surface area contributed by atoms with Crippen LogP contribution in [0.2, 0.25) is 0 Å². The van der Waals surface area contributed by atoms with Crippen LogP contribution in [0.5, 0.6) is 5.88 Å². The highest BCUT2D eigenvalue weighted by atomic mass is 127. The van der Waals surface area contributed by atoms with Gasteiger partial charge in [-0.15, -0.1) is 24.0 Å². The summed E-state index contributed by atoms with van der Waals surface area (Å²) in [5.74, 6) is 1.47. The standard InChI is InChI=1S/C19H33N5O2.HI/c1-5-20-18(22-14-16-7-8-21-17(13-16)26-6-2)23-15-19(3,4)24-9-11-25-12-10-24;/h7-8,13H,5-6,9-12,14-15H2,1-4H3,(H2,20,22,23);1H. The van der Waals surface area contributed by atoms with Crippen LogP contribution < -0.4 is 15.4 Å². The fourth-order valence-corrected chi connectivity index (χ4v) is 2.87. The van der Waals surface area contributed by atoms with Gasteiger partial charge in [0.25, 0.3) is 0 Å². The zero-order valence-corrected chi connectivity index (χ0v) is 19.3. The lowest BCUT2D eigenvalue weighted by molar-refractivity contribution is -0.00834. The van der Waals surface area contributed by atoms with Gasteiger partial charge in [0.15, 0.2) is 5.96 Å². The minimum atomic E-state index is 0. The van der Waals surface area contributed by atoms with Crippen LogP contribution in [0.25, 0.3) is 0 Å². The first-order chi connectivity index (χ1) is 12.5. The molecule has 0 amide bonds. The Balaban J connectivity index is 0.00000364. The van der Waals surface area contributed by atoms with E-state index in [0.29, 0.717) is 19.0 Å². The quantitative estimate of drug-likeness (QED) is 0.331. The summed E-state index contributed by atoms with van der Waals surface area (Å²) < 4.78 is 10.9. The van der Waals surface area contributed by atoms with Gasteiger partial charge in [0.1, 0.15) is 0 Å². The molecule has 0 atom stereocenters. The number of pyridine rings is 1. The predicted octanol–water partition coefficient (Wildman–Crippen LogP) is 2.26. The summed E-state index contributed by atoms with van der Waals surface area (Å²) in [5, 5.41) is 6.79. The third kappa shape index (κ3) is 8.18. The molecule has 1 aliphatic heterocycles. The molecule has 1 aliphatic rings. The molecule has 27 heavy (non-hydrogen) atoms. The van der Waals surface area contributed by atoms with Crippen molar-refractivity contribution >= 4 is 29.9 Å². The van der Waals surface area contributed by atoms with Crippen molar-refractivity contribution in [3.05, 3.63) is 23.9 Å². The number of halogens is 1. The third-order valence-corrected chi connectivity index (χ3v) is 4.41. The Bertz CT molecular complexity index is 577. The van der Waals surface area contributed by atoms with Crippen LogP contribution in [-0.2, 0) is 11.3 Å². The number of ether oxygens (including phenoxy) is 2. The highest BCUT2D eigenvalue weighted by molar-refractivity contribution is 14.0. The Morgan fingerprint density at radius 3 is 2.70 bits per heavy atom. The van der Waals surface area contributed by atoms with Crippen molar-refractivity contribution in [1.82, 2.24) is 20.5 Å². The smallest absolute Gasteiger partial charge is 0.213 e. The molecule has 154 valence electrons. The number of nitrogens with one attached hydrogen (secondary N) is 2. The second-order valence-electron chi connectivity index (χ2n) is 6.90. The van der Waals surface area contributed by atoms with E-state index in [1.165, 1.54) is 0 Å². The van der Waals surface area contributed by atoms with Gasteiger partial charge in [-0.2, -0.15) is 0 Å². The molecule has 1 aromatic rings. The molecule has 1 fully saturated rings. The predicted molar refractivity (Wildman–Crippen MR) is 120 cm³/mol. The third-order valence-electron chi connectivity index (χ3n) is 4.41. The summed E-state index contributed by atoms with van der Waals surface area (Å²) in [6, 6.07) is 3.90. The summed E-state index contributed by atoms with van der Waals surface area (Å²) in [6.07, 6.45) is 1.76. The molecule has 0 aliphatic carbocycles. The van der Waals surface area contributed by atoms with E-state index in [-0.39, 0.29) is 29.5 Å². The number of hydrogen-bond acceptors (Lipinski definition) is 5. The topological polar surface area (TPSA) is 71.0 Å². The van der Waals surface area contributed by atoms with Crippen molar-refractivity contribution < 1.29 is 9.47 Å². The lowest BCUT2D eigenvalue weighted by atomic mass is 10.0. The molecule has 7 nitrogen and oxygen atoms in total. The van der Waals surface area contributed by atoms with Gasteiger partial charge in [0.05, 0.1) is 26.4 Å². The van der Waals surface area contributed by atoms with E-state index in [4.69, 9.17) is 14.5 Å². The minimum Gasteiger partial charge on any atom is -0.478 e. The summed E-state index contributed by atoms with van der Waals surface area (Å²) in [6.45, 7) is 14.9. The molecule has 0 saturated carbocycles. The fraction of sp³-hybridized carbons (Fsp3) is 0.684. The van der Waals surface area contributed by atoms with Crippen molar-refractivity contribution in [1.29, 1.82) is 0 Å². The van der Waals surface area contributed by atoms with Crippen molar-refractivity contribution in [3.8, 4) is 5.88 Å². The van der Waals surface area contributed by atoms with E-state index in [1.54, 1.807) is 6.20 Å². The molecular weight excluding hydrogens is 457 g/mol. The first-order valence-corrected chi connectivity index (χ1v) is 9.48. The van der Waals surface area contributed by atoms with E-state index < -0.39 is 0 Å². The molecular formula is C19H34IN5O2. The monoisotopic (exact) mass is 491 g/mol. The average molecular weight is 491 g/mol. The van der Waals surface area contributed by atoms with Gasteiger partial charge in [0.2, 0.25) is 5.88 Å². The second-order valence-corrected chi connectivity index (χ2v) is 6.90. The first kappa shape index (κ1) is 23.9. The number of nitrogens with zero attached hydrogens (tertiary/aromatic N) is 3. The zero-order chi connectivity index (χ0) is 18.8. The van der Waals surface area contributed by atoms with Crippen LogP contribution in [0.4, 0.5) is 0 Å². The van der Waals surface area contributed by atoms with Gasteiger partial charge in [-0.05, 0) is 39.3 Å². The van der Waals surface area contributed by atoms with Crippen molar-refractivity contribution in [3.63, 3.8) is 0 Å². The molecule has 0 spiro atoms. The summed E-state index contributed by atoms with van der Waals surface area (Å²) in [7, 11) is 0. The molecule has 1 aromatic heterocycles. The lowest BCUT2D eigenvalue weighted by Gasteiger charge is -2.41. The van der Waals surface area contributed by atoms with Crippen LogP contribution in [0.15, 0.2) is 23.3 Å². The molecule has 0 unspecified atom stereocenters. The molecule has 0 radical (unpaired) electrons. The van der Waals surface area contributed by atoms with Crippen LogP contribution >= 0.6 is 24.0 Å². The number of guanidine groups is 1. The van der Waals surface area contributed by atoms with Crippen molar-refractivity contribution in [2.75, 3.05) is 46.0 Å². The SMILES string of the molecule is CCNC(=NCc1ccnc(OCC)c1)NCC(C)(C)N1CCOCC1.I. The summed E-state index contributed by atoms with van der Waals surface area (Å²) in [4.78, 5) is 11.4. The Kier molecular flexibility index (Phi) is 10.9. The lowest BCUT2D eigenvalue weighted by Crippen LogP contribution is -2.56. The number of aliphatic imine (C=N–C) groups is 1.